The number of sulfonamides is 1. The first kappa shape index (κ1) is 30.9. The SMILES string of the molecule is CC(C)(C)C#Cc1cc(N2C(=O)CN(S(=O)(=O)c3ccc(OC(F)(F)F)cc3)CC2C2CCCCC2)c(C(=O)O)s1. The van der Waals surface area contributed by atoms with Crippen LogP contribution in [-0.2, 0) is 14.8 Å². The van der Waals surface area contributed by atoms with Gasteiger partial charge in [0.15, 0.2) is 0 Å². The van der Waals surface area contributed by atoms with Gasteiger partial charge in [0.1, 0.15) is 10.6 Å². The molecule has 1 atom stereocenters. The number of carboxylic acids is 1. The van der Waals surface area contributed by atoms with Crippen molar-refractivity contribution in [2.45, 2.75) is 70.2 Å². The van der Waals surface area contributed by atoms with E-state index in [1.165, 1.54) is 4.90 Å². The minimum atomic E-state index is -4.93. The number of rotatable bonds is 6. The number of hydrogen-bond donors (Lipinski definition) is 1. The van der Waals surface area contributed by atoms with Crippen molar-refractivity contribution in [1.29, 1.82) is 0 Å². The normalized spacial score (nSPS) is 19.5. The molecule has 1 unspecified atom stereocenters. The molecule has 1 amide bonds. The number of halogens is 3. The maximum Gasteiger partial charge on any atom is 0.573 e. The Bertz CT molecular complexity index is 1460. The number of ether oxygens (including phenoxy) is 1. The van der Waals surface area contributed by atoms with Gasteiger partial charge in [-0.15, -0.1) is 24.5 Å². The van der Waals surface area contributed by atoms with Crippen LogP contribution in [0, 0.1) is 23.2 Å². The Morgan fingerprint density at radius 1 is 1.10 bits per heavy atom. The first-order valence-electron chi connectivity index (χ1n) is 13.1. The number of carbonyl (C=O) groups excluding carboxylic acids is 1. The summed E-state index contributed by atoms with van der Waals surface area (Å²) < 4.78 is 69.6. The highest BCUT2D eigenvalue weighted by molar-refractivity contribution is 7.89. The van der Waals surface area contributed by atoms with Gasteiger partial charge in [0, 0.05) is 12.0 Å². The van der Waals surface area contributed by atoms with Crippen molar-refractivity contribution in [3.05, 3.63) is 40.1 Å². The third-order valence-corrected chi connectivity index (χ3v) is 9.77. The fraction of sp³-hybridized carbons (Fsp3) is 0.500. The zero-order valence-corrected chi connectivity index (χ0v) is 24.5. The molecule has 4 rings (SSSR count). The van der Waals surface area contributed by atoms with Gasteiger partial charge in [0.2, 0.25) is 15.9 Å². The van der Waals surface area contributed by atoms with Gasteiger partial charge in [-0.3, -0.25) is 4.79 Å². The highest BCUT2D eigenvalue weighted by atomic mass is 32.2. The van der Waals surface area contributed by atoms with E-state index in [0.29, 0.717) is 4.88 Å². The first-order chi connectivity index (χ1) is 19.0. The molecule has 2 fully saturated rings. The lowest BCUT2D eigenvalue weighted by Crippen LogP contribution is -2.60. The van der Waals surface area contributed by atoms with Crippen LogP contribution in [0.5, 0.6) is 5.75 Å². The van der Waals surface area contributed by atoms with Gasteiger partial charge in [-0.05, 0) is 69.9 Å². The molecular formula is C28H31F3N2O6S2. The van der Waals surface area contributed by atoms with E-state index in [2.05, 4.69) is 16.6 Å². The lowest BCUT2D eigenvalue weighted by atomic mass is 9.82. The van der Waals surface area contributed by atoms with E-state index in [4.69, 9.17) is 0 Å². The molecule has 13 heteroatoms. The molecule has 1 saturated heterocycles. The highest BCUT2D eigenvalue weighted by Gasteiger charge is 2.44. The average Bonchev–Trinajstić information content (AvgIpc) is 3.31. The van der Waals surface area contributed by atoms with Crippen molar-refractivity contribution < 1.29 is 41.0 Å². The number of anilines is 1. The van der Waals surface area contributed by atoms with Gasteiger partial charge in [-0.1, -0.05) is 31.1 Å². The van der Waals surface area contributed by atoms with Gasteiger partial charge < -0.3 is 14.7 Å². The Morgan fingerprint density at radius 3 is 2.29 bits per heavy atom. The molecule has 0 spiro atoms. The number of aromatic carboxylic acids is 1. The van der Waals surface area contributed by atoms with Crippen LogP contribution in [0.15, 0.2) is 35.2 Å². The Labute approximate surface area is 241 Å². The molecular weight excluding hydrogens is 581 g/mol. The van der Waals surface area contributed by atoms with Crippen molar-refractivity contribution in [1.82, 2.24) is 4.31 Å². The fourth-order valence-corrected chi connectivity index (χ4v) is 7.38. The van der Waals surface area contributed by atoms with Crippen molar-refractivity contribution in [3.8, 4) is 17.6 Å². The number of hydrogen-bond acceptors (Lipinski definition) is 6. The summed E-state index contributed by atoms with van der Waals surface area (Å²) in [6.07, 6.45) is -0.630. The van der Waals surface area contributed by atoms with E-state index >= 15 is 0 Å². The molecule has 1 saturated carbocycles. The summed E-state index contributed by atoms with van der Waals surface area (Å²) in [4.78, 5) is 27.5. The van der Waals surface area contributed by atoms with Crippen LogP contribution in [0.1, 0.15) is 67.4 Å². The second kappa shape index (κ2) is 11.7. The summed E-state index contributed by atoms with van der Waals surface area (Å²) in [6, 6.07) is 4.78. The van der Waals surface area contributed by atoms with Gasteiger partial charge in [-0.25, -0.2) is 13.2 Å². The fourth-order valence-electron chi connectivity index (χ4n) is 5.13. The average molecular weight is 613 g/mol. The number of benzene rings is 1. The Balaban J connectivity index is 1.70. The Hall–Kier alpha value is -3.08. The van der Waals surface area contributed by atoms with E-state index in [1.54, 1.807) is 6.07 Å². The van der Waals surface area contributed by atoms with Crippen LogP contribution in [0.4, 0.5) is 18.9 Å². The highest BCUT2D eigenvalue weighted by Crippen LogP contribution is 2.39. The molecule has 41 heavy (non-hydrogen) atoms. The maximum atomic E-state index is 13.7. The van der Waals surface area contributed by atoms with Gasteiger partial charge >= 0.3 is 12.3 Å². The largest absolute Gasteiger partial charge is 0.573 e. The summed E-state index contributed by atoms with van der Waals surface area (Å²) in [7, 11) is -4.27. The van der Waals surface area contributed by atoms with Crippen molar-refractivity contribution in [3.63, 3.8) is 0 Å². The minimum absolute atomic E-state index is 0.0473. The van der Waals surface area contributed by atoms with Crippen molar-refractivity contribution in [2.75, 3.05) is 18.0 Å². The molecule has 2 aliphatic rings. The zero-order valence-electron chi connectivity index (χ0n) is 22.8. The summed E-state index contributed by atoms with van der Waals surface area (Å²) in [5.41, 5.74) is -0.127. The molecule has 222 valence electrons. The summed E-state index contributed by atoms with van der Waals surface area (Å²) in [6.45, 7) is 5.13. The van der Waals surface area contributed by atoms with Crippen LogP contribution in [0.2, 0.25) is 0 Å². The predicted molar refractivity (Wildman–Crippen MR) is 147 cm³/mol. The number of carbonyl (C=O) groups is 2. The van der Waals surface area contributed by atoms with Crippen LogP contribution >= 0.6 is 11.3 Å². The molecule has 1 N–H and O–H groups in total. The number of amides is 1. The molecule has 2 aromatic rings. The molecule has 1 aromatic carbocycles. The van der Waals surface area contributed by atoms with Gasteiger partial charge in [-0.2, -0.15) is 4.31 Å². The minimum Gasteiger partial charge on any atom is -0.477 e. The molecule has 0 radical (unpaired) electrons. The lowest BCUT2D eigenvalue weighted by molar-refractivity contribution is -0.274. The first-order valence-corrected chi connectivity index (χ1v) is 15.4. The number of piperazine rings is 1. The van der Waals surface area contributed by atoms with Gasteiger partial charge in [0.05, 0.1) is 28.0 Å². The Kier molecular flexibility index (Phi) is 8.78. The van der Waals surface area contributed by atoms with E-state index < -0.39 is 46.6 Å². The van der Waals surface area contributed by atoms with Gasteiger partial charge in [0.25, 0.3) is 0 Å². The molecule has 1 aliphatic carbocycles. The van der Waals surface area contributed by atoms with E-state index in [9.17, 15) is 36.3 Å². The number of alkyl halides is 3. The second-order valence-corrected chi connectivity index (χ2v) is 14.2. The van der Waals surface area contributed by atoms with Crippen LogP contribution < -0.4 is 9.64 Å². The number of thiophene rings is 1. The molecule has 1 aliphatic heterocycles. The molecule has 2 heterocycles. The maximum absolute atomic E-state index is 13.7. The molecule has 8 nitrogen and oxygen atoms in total. The Morgan fingerprint density at radius 2 is 1.73 bits per heavy atom. The van der Waals surface area contributed by atoms with E-state index in [0.717, 1.165) is 72.0 Å². The smallest absolute Gasteiger partial charge is 0.477 e. The summed E-state index contributed by atoms with van der Waals surface area (Å²) in [5, 5.41) is 9.98. The third kappa shape index (κ3) is 7.42. The van der Waals surface area contributed by atoms with Crippen LogP contribution in [0.3, 0.4) is 0 Å². The lowest BCUT2D eigenvalue weighted by Gasteiger charge is -2.44. The number of nitrogens with zero attached hydrogens (tertiary/aromatic N) is 2. The monoisotopic (exact) mass is 612 g/mol. The predicted octanol–water partition coefficient (Wildman–Crippen LogP) is 5.73. The van der Waals surface area contributed by atoms with Crippen molar-refractivity contribution >= 4 is 38.9 Å². The van der Waals surface area contributed by atoms with E-state index in [1.807, 2.05) is 20.8 Å². The van der Waals surface area contributed by atoms with Crippen LogP contribution in [-0.4, -0.2) is 55.2 Å². The quantitative estimate of drug-likeness (QED) is 0.418. The third-order valence-electron chi connectivity index (χ3n) is 6.92. The van der Waals surface area contributed by atoms with Crippen LogP contribution in [0.25, 0.3) is 0 Å². The molecule has 0 bridgehead atoms. The summed E-state index contributed by atoms with van der Waals surface area (Å²) in [5.74, 6) is 3.65. The van der Waals surface area contributed by atoms with E-state index in [-0.39, 0.29) is 33.3 Å². The summed E-state index contributed by atoms with van der Waals surface area (Å²) >= 11 is 0.970. The molecule has 1 aromatic heterocycles. The topological polar surface area (TPSA) is 104 Å². The zero-order chi connectivity index (χ0) is 30.2. The second-order valence-electron chi connectivity index (χ2n) is 11.2. The van der Waals surface area contributed by atoms with Crippen molar-refractivity contribution in [2.24, 2.45) is 11.3 Å². The standard InChI is InChI=1S/C28H31F3N2O6S2/c1-27(2,3)14-13-20-15-22(25(40-20)26(35)36)33-23(18-7-5-4-6-8-18)16-32(17-24(33)34)41(37,38)21-11-9-19(10-12-21)39-28(29,30)31/h9-12,15,18,23H,4-8,16-17H2,1-3H3,(H,35,36). The number of carboxylic acid groups (broad SMARTS) is 1.